The molecule has 0 bridgehead atoms. The minimum Gasteiger partial charge on any atom is -0.455 e. The van der Waals surface area contributed by atoms with Crippen molar-refractivity contribution in [2.45, 2.75) is 31.8 Å². The highest BCUT2D eigenvalue weighted by Gasteiger charge is 2.31. The number of rotatable bonds is 9. The van der Waals surface area contributed by atoms with Crippen molar-refractivity contribution < 1.29 is 32.1 Å². The summed E-state index contributed by atoms with van der Waals surface area (Å²) in [6, 6.07) is 14.4. The van der Waals surface area contributed by atoms with Gasteiger partial charge in [0.1, 0.15) is 17.2 Å². The molecule has 1 heterocycles. The zero-order valence-electron chi connectivity index (χ0n) is 21.8. The maximum atomic E-state index is 14.4. The molecule has 208 valence electrons. The first-order chi connectivity index (χ1) is 19.0. The van der Waals surface area contributed by atoms with Crippen LogP contribution in [-0.2, 0) is 23.1 Å². The molecule has 1 aromatic heterocycles. The molecule has 4 aromatic rings. The Bertz CT molecular complexity index is 1700. The molecule has 0 aliphatic heterocycles. The van der Waals surface area contributed by atoms with Gasteiger partial charge in [-0.25, -0.2) is 12.8 Å². The average Bonchev–Trinajstić information content (AvgIpc) is 3.67. The monoisotopic (exact) mass is 584 g/mol. The first-order valence-corrected chi connectivity index (χ1v) is 14.9. The first-order valence-electron chi connectivity index (χ1n) is 12.6. The average molecular weight is 585 g/mol. The molecule has 0 unspecified atom stereocenters. The van der Waals surface area contributed by atoms with Crippen molar-refractivity contribution in [2.75, 3.05) is 13.3 Å². The van der Waals surface area contributed by atoms with E-state index >= 15 is 0 Å². The van der Waals surface area contributed by atoms with Crippen LogP contribution >= 0.6 is 11.6 Å². The fourth-order valence-electron chi connectivity index (χ4n) is 4.83. The minimum atomic E-state index is -3.74. The third kappa shape index (κ3) is 5.79. The van der Waals surface area contributed by atoms with Gasteiger partial charge < -0.3 is 19.8 Å². The second-order valence-corrected chi connectivity index (χ2v) is 12.4. The van der Waals surface area contributed by atoms with Crippen molar-refractivity contribution in [2.24, 2.45) is 0 Å². The zero-order chi connectivity index (χ0) is 28.8. The van der Waals surface area contributed by atoms with Crippen molar-refractivity contribution in [3.63, 3.8) is 0 Å². The smallest absolute Gasteiger partial charge is 0.455 e. The quantitative estimate of drug-likeness (QED) is 0.258. The van der Waals surface area contributed by atoms with E-state index in [2.05, 4.69) is 5.32 Å². The van der Waals surface area contributed by atoms with Crippen LogP contribution in [0.4, 0.5) is 4.39 Å². The van der Waals surface area contributed by atoms with E-state index in [1.807, 2.05) is 6.07 Å². The summed E-state index contributed by atoms with van der Waals surface area (Å²) in [6.45, 7) is -0.129. The van der Waals surface area contributed by atoms with E-state index in [1.165, 1.54) is 16.4 Å². The molecule has 40 heavy (non-hydrogen) atoms. The molecule has 0 saturated heterocycles. The Hall–Kier alpha value is -3.22. The number of fused-ring (bicyclic) bond motifs is 1. The van der Waals surface area contributed by atoms with Gasteiger partial charge >= 0.3 is 7.12 Å². The number of sulfonamides is 1. The Kier molecular flexibility index (Phi) is 7.78. The normalized spacial score (nSPS) is 13.7. The fourth-order valence-corrected chi connectivity index (χ4v) is 5.71. The number of amides is 1. The highest BCUT2D eigenvalue weighted by atomic mass is 35.5. The Balaban J connectivity index is 1.58. The van der Waals surface area contributed by atoms with Crippen molar-refractivity contribution in [3.05, 3.63) is 87.7 Å². The molecule has 0 radical (unpaired) electrons. The van der Waals surface area contributed by atoms with E-state index in [0.717, 1.165) is 36.3 Å². The molecule has 1 aliphatic carbocycles. The standard InChI is InChI=1S/C28H27BClFN2O6S/c1-32-28(34)26-22-13-21(17-4-5-17)19(12-25(22)39-27(26)18-6-8-20(30)9-7-18)15-33(40(2,37)38)14-16-3-10-23(29(35)36)24(31)11-16/h3,6-13,17,35-36H,4-5,14-15H2,1-2H3,(H,32,34). The van der Waals surface area contributed by atoms with Crippen LogP contribution in [0.15, 0.2) is 59.0 Å². The van der Waals surface area contributed by atoms with Crippen LogP contribution in [0.5, 0.6) is 0 Å². The Morgan fingerprint density at radius 3 is 2.40 bits per heavy atom. The third-order valence-corrected chi connectivity index (χ3v) is 8.49. The largest absolute Gasteiger partial charge is 0.491 e. The lowest BCUT2D eigenvalue weighted by Crippen LogP contribution is -2.33. The van der Waals surface area contributed by atoms with Crippen molar-refractivity contribution >= 4 is 51.1 Å². The Labute approximate surface area is 236 Å². The molecule has 12 heteroatoms. The van der Waals surface area contributed by atoms with Crippen LogP contribution in [0.2, 0.25) is 5.02 Å². The summed E-state index contributed by atoms with van der Waals surface area (Å²) >= 11 is 6.06. The molecular formula is C28H27BClFN2O6S. The SMILES string of the molecule is CNC(=O)c1c(-c2ccc(Cl)cc2)oc2cc(CN(Cc3ccc(B(O)O)c(F)c3)S(C)(=O)=O)c(C3CC3)cc12. The summed E-state index contributed by atoms with van der Waals surface area (Å²) in [6.07, 6.45) is 2.95. The third-order valence-electron chi connectivity index (χ3n) is 7.05. The van der Waals surface area contributed by atoms with Crippen LogP contribution in [-0.4, -0.2) is 49.1 Å². The molecule has 0 atom stereocenters. The number of nitrogens with zero attached hydrogens (tertiary/aromatic N) is 1. The highest BCUT2D eigenvalue weighted by Crippen LogP contribution is 2.45. The van der Waals surface area contributed by atoms with Gasteiger partial charge in [0.25, 0.3) is 5.91 Å². The van der Waals surface area contributed by atoms with Crippen molar-refractivity contribution in [1.29, 1.82) is 0 Å². The predicted octanol–water partition coefficient (Wildman–Crippen LogP) is 3.77. The van der Waals surface area contributed by atoms with Gasteiger partial charge in [-0.05, 0) is 77.9 Å². The predicted molar refractivity (Wildman–Crippen MR) is 152 cm³/mol. The summed E-state index contributed by atoms with van der Waals surface area (Å²) < 4.78 is 47.5. The lowest BCUT2D eigenvalue weighted by atomic mass is 9.79. The van der Waals surface area contributed by atoms with E-state index in [4.69, 9.17) is 16.0 Å². The minimum absolute atomic E-state index is 0.00110. The van der Waals surface area contributed by atoms with E-state index in [-0.39, 0.29) is 30.4 Å². The molecule has 1 aliphatic rings. The number of nitrogens with one attached hydrogen (secondary N) is 1. The van der Waals surface area contributed by atoms with Gasteiger partial charge in [-0.1, -0.05) is 23.7 Å². The molecule has 1 fully saturated rings. The highest BCUT2D eigenvalue weighted by molar-refractivity contribution is 7.88. The number of halogens is 2. The molecular weight excluding hydrogens is 558 g/mol. The van der Waals surface area contributed by atoms with E-state index in [9.17, 15) is 27.7 Å². The molecule has 3 aromatic carbocycles. The summed E-state index contributed by atoms with van der Waals surface area (Å²) in [4.78, 5) is 13.0. The summed E-state index contributed by atoms with van der Waals surface area (Å²) in [5.41, 5.74) is 3.20. The van der Waals surface area contributed by atoms with Gasteiger partial charge in [0, 0.05) is 41.6 Å². The van der Waals surface area contributed by atoms with Gasteiger partial charge in [-0.15, -0.1) is 0 Å². The lowest BCUT2D eigenvalue weighted by molar-refractivity contribution is 0.0964. The molecule has 5 rings (SSSR count). The van der Waals surface area contributed by atoms with Gasteiger partial charge in [-0.2, -0.15) is 4.31 Å². The van der Waals surface area contributed by atoms with Gasteiger partial charge in [0.15, 0.2) is 0 Å². The maximum absolute atomic E-state index is 14.4. The Morgan fingerprint density at radius 1 is 1.12 bits per heavy atom. The number of hydrogen-bond donors (Lipinski definition) is 3. The summed E-state index contributed by atoms with van der Waals surface area (Å²) in [5, 5.41) is 22.5. The van der Waals surface area contributed by atoms with E-state index in [1.54, 1.807) is 37.4 Å². The van der Waals surface area contributed by atoms with Crippen LogP contribution in [0, 0.1) is 5.82 Å². The van der Waals surface area contributed by atoms with Crippen molar-refractivity contribution in [1.82, 2.24) is 9.62 Å². The molecule has 3 N–H and O–H groups in total. The van der Waals surface area contributed by atoms with Crippen LogP contribution in [0.25, 0.3) is 22.3 Å². The van der Waals surface area contributed by atoms with Gasteiger partial charge in [-0.3, -0.25) is 4.79 Å². The number of furan rings is 1. The number of benzene rings is 3. The molecule has 1 saturated carbocycles. The Morgan fingerprint density at radius 2 is 1.82 bits per heavy atom. The molecule has 1 amide bonds. The van der Waals surface area contributed by atoms with Crippen LogP contribution in [0.3, 0.4) is 0 Å². The topological polar surface area (TPSA) is 120 Å². The first kappa shape index (κ1) is 28.3. The van der Waals surface area contributed by atoms with Crippen LogP contribution < -0.4 is 10.8 Å². The van der Waals surface area contributed by atoms with E-state index < -0.39 is 23.0 Å². The number of carbonyl (C=O) groups is 1. The molecule has 0 spiro atoms. The maximum Gasteiger partial charge on any atom is 0.491 e. The second kappa shape index (κ2) is 11.0. The lowest BCUT2D eigenvalue weighted by Gasteiger charge is -2.22. The number of carbonyl (C=O) groups excluding carboxylic acids is 1. The zero-order valence-corrected chi connectivity index (χ0v) is 23.4. The second-order valence-electron chi connectivity index (χ2n) is 9.97. The van der Waals surface area contributed by atoms with Gasteiger partial charge in [0.05, 0.1) is 11.8 Å². The molecule has 8 nitrogen and oxygen atoms in total. The number of hydrogen-bond acceptors (Lipinski definition) is 6. The van der Waals surface area contributed by atoms with Gasteiger partial charge in [0.2, 0.25) is 10.0 Å². The fraction of sp³-hybridized carbons (Fsp3) is 0.250. The summed E-state index contributed by atoms with van der Waals surface area (Å²) in [7, 11) is -4.17. The van der Waals surface area contributed by atoms with Crippen LogP contribution in [0.1, 0.15) is 45.8 Å². The summed E-state index contributed by atoms with van der Waals surface area (Å²) in [5.74, 6) is -0.552. The van der Waals surface area contributed by atoms with E-state index in [0.29, 0.717) is 38.4 Å². The van der Waals surface area contributed by atoms with Crippen molar-refractivity contribution in [3.8, 4) is 11.3 Å².